The van der Waals surface area contributed by atoms with Crippen LogP contribution < -0.4 is 5.32 Å². The molecule has 2 unspecified atom stereocenters. The smallest absolute Gasteiger partial charge is 0.317 e. The summed E-state index contributed by atoms with van der Waals surface area (Å²) in [5.74, 6) is -0.834. The number of aliphatic hydroxyl groups is 1. The molecule has 0 aliphatic rings. The number of aliphatic carboxylic acids is 1. The summed E-state index contributed by atoms with van der Waals surface area (Å²) in [5.41, 5.74) is 0.719. The highest BCUT2D eigenvalue weighted by atomic mass is 35.5. The molecule has 100 valence electrons. The van der Waals surface area contributed by atoms with Crippen molar-refractivity contribution in [1.29, 1.82) is 0 Å². The second kappa shape index (κ2) is 6.73. The zero-order chi connectivity index (χ0) is 13.7. The van der Waals surface area contributed by atoms with E-state index < -0.39 is 12.1 Å². The Morgan fingerprint density at radius 3 is 2.33 bits per heavy atom. The summed E-state index contributed by atoms with van der Waals surface area (Å²) in [6.45, 7) is 3.69. The van der Waals surface area contributed by atoms with E-state index in [4.69, 9.17) is 16.7 Å². The monoisotopic (exact) mass is 271 g/mol. The minimum atomic E-state index is -0.941. The fourth-order valence-corrected chi connectivity index (χ4v) is 1.91. The first-order valence-corrected chi connectivity index (χ1v) is 6.18. The number of hydrogen-bond acceptors (Lipinski definition) is 3. The van der Waals surface area contributed by atoms with E-state index >= 15 is 0 Å². The molecule has 0 aliphatic heterocycles. The van der Waals surface area contributed by atoms with Crippen LogP contribution in [0.2, 0.25) is 5.02 Å². The van der Waals surface area contributed by atoms with Gasteiger partial charge in [0.2, 0.25) is 0 Å². The molecule has 5 heteroatoms. The van der Waals surface area contributed by atoms with E-state index in [-0.39, 0.29) is 18.5 Å². The van der Waals surface area contributed by atoms with Crippen LogP contribution in [-0.4, -0.2) is 28.8 Å². The summed E-state index contributed by atoms with van der Waals surface area (Å²) in [7, 11) is 0. The van der Waals surface area contributed by atoms with E-state index in [9.17, 15) is 9.90 Å². The number of aliphatic hydroxyl groups excluding tert-OH is 1. The van der Waals surface area contributed by atoms with E-state index in [1.54, 1.807) is 24.3 Å². The normalized spacial score (nSPS) is 14.5. The Bertz CT molecular complexity index is 392. The molecule has 4 nitrogen and oxygen atoms in total. The number of benzene rings is 1. The number of nitrogens with one attached hydrogen (secondary N) is 1. The van der Waals surface area contributed by atoms with Crippen molar-refractivity contribution < 1.29 is 15.0 Å². The molecule has 0 fully saturated rings. The summed E-state index contributed by atoms with van der Waals surface area (Å²) in [6.07, 6.45) is -0.762. The lowest BCUT2D eigenvalue weighted by atomic mass is 9.93. The van der Waals surface area contributed by atoms with Crippen LogP contribution >= 0.6 is 11.6 Å². The SMILES string of the molecule is CC(C)C(NCC(=O)O)C(O)c1ccc(Cl)cc1. The van der Waals surface area contributed by atoms with Crippen LogP contribution in [0.15, 0.2) is 24.3 Å². The van der Waals surface area contributed by atoms with Crippen molar-refractivity contribution in [2.75, 3.05) is 6.54 Å². The maximum absolute atomic E-state index is 10.6. The van der Waals surface area contributed by atoms with Gasteiger partial charge in [0.25, 0.3) is 0 Å². The van der Waals surface area contributed by atoms with E-state index in [0.717, 1.165) is 5.56 Å². The lowest BCUT2D eigenvalue weighted by Gasteiger charge is -2.27. The van der Waals surface area contributed by atoms with Crippen LogP contribution in [0, 0.1) is 5.92 Å². The van der Waals surface area contributed by atoms with Crippen LogP contribution in [0.5, 0.6) is 0 Å². The highest BCUT2D eigenvalue weighted by Gasteiger charge is 2.24. The zero-order valence-electron chi connectivity index (χ0n) is 10.4. The second-order valence-corrected chi connectivity index (χ2v) is 4.98. The predicted octanol–water partition coefficient (Wildman–Crippen LogP) is 2.07. The summed E-state index contributed by atoms with van der Waals surface area (Å²) >= 11 is 5.79. The largest absolute Gasteiger partial charge is 0.480 e. The average Bonchev–Trinajstić information content (AvgIpc) is 2.29. The van der Waals surface area contributed by atoms with Crippen LogP contribution in [0.25, 0.3) is 0 Å². The maximum Gasteiger partial charge on any atom is 0.317 e. The highest BCUT2D eigenvalue weighted by Crippen LogP contribution is 2.23. The van der Waals surface area contributed by atoms with Crippen LogP contribution in [0.4, 0.5) is 0 Å². The Hall–Kier alpha value is -1.10. The van der Waals surface area contributed by atoms with Gasteiger partial charge in [-0.3, -0.25) is 4.79 Å². The Kier molecular flexibility index (Phi) is 5.59. The van der Waals surface area contributed by atoms with Gasteiger partial charge in [-0.05, 0) is 23.6 Å². The van der Waals surface area contributed by atoms with Crippen molar-refractivity contribution in [3.63, 3.8) is 0 Å². The molecule has 0 aliphatic carbocycles. The van der Waals surface area contributed by atoms with Gasteiger partial charge >= 0.3 is 5.97 Å². The third-order valence-corrected chi connectivity index (χ3v) is 3.01. The molecular weight excluding hydrogens is 254 g/mol. The fraction of sp³-hybridized carbons (Fsp3) is 0.462. The molecule has 0 amide bonds. The van der Waals surface area contributed by atoms with Crippen LogP contribution in [0.1, 0.15) is 25.5 Å². The Morgan fingerprint density at radius 2 is 1.89 bits per heavy atom. The van der Waals surface area contributed by atoms with Gasteiger partial charge in [-0.15, -0.1) is 0 Å². The molecular formula is C13H18ClNO3. The van der Waals surface area contributed by atoms with Gasteiger partial charge in [-0.2, -0.15) is 0 Å². The van der Waals surface area contributed by atoms with Crippen molar-refractivity contribution in [2.24, 2.45) is 5.92 Å². The average molecular weight is 272 g/mol. The molecule has 2 atom stereocenters. The fourth-order valence-electron chi connectivity index (χ4n) is 1.78. The minimum absolute atomic E-state index is 0.107. The molecule has 0 saturated heterocycles. The Balaban J connectivity index is 2.78. The van der Waals surface area contributed by atoms with Crippen molar-refractivity contribution >= 4 is 17.6 Å². The van der Waals surface area contributed by atoms with Gasteiger partial charge in [0.05, 0.1) is 12.6 Å². The number of rotatable bonds is 6. The van der Waals surface area contributed by atoms with E-state index in [1.165, 1.54) is 0 Å². The first kappa shape index (κ1) is 15.0. The molecule has 1 aromatic rings. The molecule has 0 spiro atoms. The van der Waals surface area contributed by atoms with E-state index in [2.05, 4.69) is 5.32 Å². The number of carboxylic acids is 1. The molecule has 0 aromatic heterocycles. The molecule has 18 heavy (non-hydrogen) atoms. The third-order valence-electron chi connectivity index (χ3n) is 2.76. The summed E-state index contributed by atoms with van der Waals surface area (Å²) < 4.78 is 0. The van der Waals surface area contributed by atoms with Gasteiger partial charge in [0.1, 0.15) is 0 Å². The number of halogens is 1. The third kappa shape index (κ3) is 4.29. The standard InChI is InChI=1S/C13H18ClNO3/c1-8(2)12(15-7-11(16)17)13(18)9-3-5-10(14)6-4-9/h3-6,8,12-13,15,18H,7H2,1-2H3,(H,16,17). The molecule has 0 heterocycles. The van der Waals surface area contributed by atoms with Gasteiger partial charge < -0.3 is 15.5 Å². The topological polar surface area (TPSA) is 69.6 Å². The van der Waals surface area contributed by atoms with E-state index in [1.807, 2.05) is 13.8 Å². The number of carbonyl (C=O) groups is 1. The van der Waals surface area contributed by atoms with Crippen molar-refractivity contribution in [2.45, 2.75) is 26.0 Å². The molecule has 0 saturated carbocycles. The van der Waals surface area contributed by atoms with Crippen LogP contribution in [-0.2, 0) is 4.79 Å². The lowest BCUT2D eigenvalue weighted by molar-refractivity contribution is -0.136. The Labute approximate surface area is 112 Å². The molecule has 1 rings (SSSR count). The predicted molar refractivity (Wildman–Crippen MR) is 70.7 cm³/mol. The first-order valence-electron chi connectivity index (χ1n) is 5.80. The molecule has 3 N–H and O–H groups in total. The summed E-state index contributed by atoms with van der Waals surface area (Å²) in [6, 6.07) is 6.57. The maximum atomic E-state index is 10.6. The molecule has 0 radical (unpaired) electrons. The van der Waals surface area contributed by atoms with Crippen molar-refractivity contribution in [3.05, 3.63) is 34.9 Å². The molecule has 0 bridgehead atoms. The Morgan fingerprint density at radius 1 is 1.33 bits per heavy atom. The quantitative estimate of drug-likeness (QED) is 0.741. The number of hydrogen-bond donors (Lipinski definition) is 3. The van der Waals surface area contributed by atoms with Crippen LogP contribution in [0.3, 0.4) is 0 Å². The second-order valence-electron chi connectivity index (χ2n) is 4.54. The molecule has 1 aromatic carbocycles. The van der Waals surface area contributed by atoms with Gasteiger partial charge in [0.15, 0.2) is 0 Å². The highest BCUT2D eigenvalue weighted by molar-refractivity contribution is 6.30. The van der Waals surface area contributed by atoms with Gasteiger partial charge in [0, 0.05) is 11.1 Å². The zero-order valence-corrected chi connectivity index (χ0v) is 11.2. The lowest BCUT2D eigenvalue weighted by Crippen LogP contribution is -2.41. The van der Waals surface area contributed by atoms with Crippen molar-refractivity contribution in [1.82, 2.24) is 5.32 Å². The van der Waals surface area contributed by atoms with Gasteiger partial charge in [-0.25, -0.2) is 0 Å². The first-order chi connectivity index (χ1) is 8.41. The summed E-state index contributed by atoms with van der Waals surface area (Å²) in [4.78, 5) is 10.6. The number of carboxylic acid groups (broad SMARTS) is 1. The minimum Gasteiger partial charge on any atom is -0.480 e. The van der Waals surface area contributed by atoms with E-state index in [0.29, 0.717) is 5.02 Å². The van der Waals surface area contributed by atoms with Crippen molar-refractivity contribution in [3.8, 4) is 0 Å². The van der Waals surface area contributed by atoms with Gasteiger partial charge in [-0.1, -0.05) is 37.6 Å². The summed E-state index contributed by atoms with van der Waals surface area (Å²) in [5, 5.41) is 22.4.